The van der Waals surface area contributed by atoms with Gasteiger partial charge in [0, 0.05) is 16.2 Å². The standard InChI is InChI=1S/C15H14BrF3N2/c1-2-3-21-15(9-4-11(17)8-20-7-9)14-12(18)5-10(16)6-13(14)19/h4-8,15,21H,2-3H2,1H3. The van der Waals surface area contributed by atoms with Gasteiger partial charge in [-0.15, -0.1) is 0 Å². The third kappa shape index (κ3) is 3.83. The second-order valence-corrected chi connectivity index (χ2v) is 5.52. The van der Waals surface area contributed by atoms with Crippen molar-refractivity contribution in [2.24, 2.45) is 0 Å². The SMILES string of the molecule is CCCNC(c1cncc(F)c1)c1c(F)cc(Br)cc1F. The lowest BCUT2D eigenvalue weighted by molar-refractivity contribution is 0.499. The lowest BCUT2D eigenvalue weighted by Gasteiger charge is -2.20. The average molecular weight is 359 g/mol. The number of pyridine rings is 1. The highest BCUT2D eigenvalue weighted by Gasteiger charge is 2.23. The van der Waals surface area contributed by atoms with Crippen molar-refractivity contribution in [2.45, 2.75) is 19.4 Å². The molecule has 21 heavy (non-hydrogen) atoms. The molecule has 0 saturated carbocycles. The van der Waals surface area contributed by atoms with Gasteiger partial charge in [-0.25, -0.2) is 13.2 Å². The van der Waals surface area contributed by atoms with E-state index in [2.05, 4.69) is 26.2 Å². The fourth-order valence-corrected chi connectivity index (χ4v) is 2.49. The van der Waals surface area contributed by atoms with Crippen LogP contribution in [0.1, 0.15) is 30.5 Å². The molecule has 1 N–H and O–H groups in total. The smallest absolute Gasteiger partial charge is 0.141 e. The van der Waals surface area contributed by atoms with E-state index in [0.717, 1.165) is 12.6 Å². The Morgan fingerprint density at radius 2 is 1.81 bits per heavy atom. The predicted octanol–water partition coefficient (Wildman–Crippen LogP) is 4.35. The molecule has 0 saturated heterocycles. The van der Waals surface area contributed by atoms with Crippen LogP contribution in [0.25, 0.3) is 0 Å². The van der Waals surface area contributed by atoms with E-state index in [-0.39, 0.29) is 5.56 Å². The summed E-state index contributed by atoms with van der Waals surface area (Å²) in [5.41, 5.74) is 0.239. The molecule has 1 aromatic heterocycles. The van der Waals surface area contributed by atoms with Gasteiger partial charge in [-0.2, -0.15) is 0 Å². The molecule has 0 bridgehead atoms. The number of rotatable bonds is 5. The van der Waals surface area contributed by atoms with Crippen LogP contribution in [0.15, 0.2) is 35.1 Å². The molecule has 0 aliphatic heterocycles. The first-order valence-corrected chi connectivity index (χ1v) is 7.30. The first-order valence-electron chi connectivity index (χ1n) is 6.51. The van der Waals surface area contributed by atoms with Crippen LogP contribution in [0.2, 0.25) is 0 Å². The molecule has 2 aromatic rings. The van der Waals surface area contributed by atoms with E-state index in [4.69, 9.17) is 0 Å². The Morgan fingerprint density at radius 3 is 2.38 bits per heavy atom. The number of nitrogens with one attached hydrogen (secondary N) is 1. The van der Waals surface area contributed by atoms with E-state index in [1.54, 1.807) is 0 Å². The van der Waals surface area contributed by atoms with Crippen molar-refractivity contribution in [1.29, 1.82) is 0 Å². The van der Waals surface area contributed by atoms with Crippen molar-refractivity contribution in [3.8, 4) is 0 Å². The van der Waals surface area contributed by atoms with Gasteiger partial charge in [0.05, 0.1) is 12.2 Å². The maximum Gasteiger partial charge on any atom is 0.141 e. The summed E-state index contributed by atoms with van der Waals surface area (Å²) in [7, 11) is 0. The molecular weight excluding hydrogens is 345 g/mol. The van der Waals surface area contributed by atoms with E-state index >= 15 is 0 Å². The van der Waals surface area contributed by atoms with Crippen LogP contribution in [-0.2, 0) is 0 Å². The van der Waals surface area contributed by atoms with Crippen LogP contribution in [-0.4, -0.2) is 11.5 Å². The van der Waals surface area contributed by atoms with Crippen molar-refractivity contribution in [3.63, 3.8) is 0 Å². The maximum atomic E-state index is 14.2. The Balaban J connectivity index is 2.50. The van der Waals surface area contributed by atoms with Crippen LogP contribution >= 0.6 is 15.9 Å². The number of benzene rings is 1. The number of hydrogen-bond acceptors (Lipinski definition) is 2. The molecule has 1 unspecified atom stereocenters. The fraction of sp³-hybridized carbons (Fsp3) is 0.267. The summed E-state index contributed by atoms with van der Waals surface area (Å²) in [6.07, 6.45) is 3.23. The highest BCUT2D eigenvalue weighted by atomic mass is 79.9. The molecule has 0 aliphatic rings. The molecule has 0 aliphatic carbocycles. The normalized spacial score (nSPS) is 12.4. The van der Waals surface area contributed by atoms with Crippen LogP contribution in [0.4, 0.5) is 13.2 Å². The van der Waals surface area contributed by atoms with Gasteiger partial charge in [0.15, 0.2) is 0 Å². The summed E-state index contributed by atoms with van der Waals surface area (Å²) in [4.78, 5) is 3.75. The summed E-state index contributed by atoms with van der Waals surface area (Å²) in [5.74, 6) is -1.94. The zero-order valence-electron chi connectivity index (χ0n) is 11.3. The minimum Gasteiger partial charge on any atom is -0.306 e. The summed E-state index contributed by atoms with van der Waals surface area (Å²) in [5, 5.41) is 3.03. The summed E-state index contributed by atoms with van der Waals surface area (Å²) < 4.78 is 42.0. The van der Waals surface area contributed by atoms with E-state index in [9.17, 15) is 13.2 Å². The van der Waals surface area contributed by atoms with Gasteiger partial charge in [0.2, 0.25) is 0 Å². The molecule has 0 spiro atoms. The van der Waals surface area contributed by atoms with Gasteiger partial charge in [-0.1, -0.05) is 22.9 Å². The minimum atomic E-state index is -0.791. The Morgan fingerprint density at radius 1 is 1.14 bits per heavy atom. The highest BCUT2D eigenvalue weighted by Crippen LogP contribution is 2.29. The Kier molecular flexibility index (Phi) is 5.36. The van der Waals surface area contributed by atoms with E-state index in [1.807, 2.05) is 6.92 Å². The second-order valence-electron chi connectivity index (χ2n) is 4.61. The first-order chi connectivity index (χ1) is 10.0. The molecule has 112 valence electrons. The third-order valence-corrected chi connectivity index (χ3v) is 3.45. The molecule has 1 aromatic carbocycles. The van der Waals surface area contributed by atoms with Crippen molar-refractivity contribution >= 4 is 15.9 Å². The minimum absolute atomic E-state index is 0.140. The predicted molar refractivity (Wildman–Crippen MR) is 78.4 cm³/mol. The zero-order valence-corrected chi connectivity index (χ0v) is 12.9. The van der Waals surface area contributed by atoms with Crippen LogP contribution in [0.3, 0.4) is 0 Å². The van der Waals surface area contributed by atoms with Gasteiger partial charge in [-0.05, 0) is 36.7 Å². The lowest BCUT2D eigenvalue weighted by Crippen LogP contribution is -2.25. The monoisotopic (exact) mass is 358 g/mol. The molecule has 6 heteroatoms. The number of nitrogens with zero attached hydrogens (tertiary/aromatic N) is 1. The van der Waals surface area contributed by atoms with Gasteiger partial charge < -0.3 is 5.32 Å². The molecule has 0 radical (unpaired) electrons. The van der Waals surface area contributed by atoms with Gasteiger partial charge in [0.25, 0.3) is 0 Å². The van der Waals surface area contributed by atoms with Crippen molar-refractivity contribution in [2.75, 3.05) is 6.54 Å². The van der Waals surface area contributed by atoms with E-state index < -0.39 is 23.5 Å². The summed E-state index contributed by atoms with van der Waals surface area (Å²) >= 11 is 3.04. The number of halogens is 4. The van der Waals surface area contributed by atoms with E-state index in [1.165, 1.54) is 24.4 Å². The van der Waals surface area contributed by atoms with Gasteiger partial charge in [0.1, 0.15) is 17.5 Å². The Hall–Kier alpha value is -1.40. The second kappa shape index (κ2) is 7.04. The Bertz CT molecular complexity index is 611. The van der Waals surface area contributed by atoms with Gasteiger partial charge in [-0.3, -0.25) is 4.98 Å². The average Bonchev–Trinajstić information content (AvgIpc) is 2.41. The molecule has 1 atom stereocenters. The van der Waals surface area contributed by atoms with Crippen molar-refractivity contribution in [1.82, 2.24) is 10.3 Å². The molecule has 0 fully saturated rings. The van der Waals surface area contributed by atoms with Crippen LogP contribution in [0, 0.1) is 17.5 Å². The quantitative estimate of drug-likeness (QED) is 0.859. The Labute approximate surface area is 129 Å². The summed E-state index contributed by atoms with van der Waals surface area (Å²) in [6.45, 7) is 2.47. The molecule has 0 amide bonds. The number of hydrogen-bond donors (Lipinski definition) is 1. The molecule has 1 heterocycles. The fourth-order valence-electron chi connectivity index (χ4n) is 2.09. The molecular formula is C15H14BrF3N2. The van der Waals surface area contributed by atoms with Crippen molar-refractivity contribution < 1.29 is 13.2 Å². The third-order valence-electron chi connectivity index (χ3n) is 2.99. The van der Waals surface area contributed by atoms with Gasteiger partial charge >= 0.3 is 0 Å². The van der Waals surface area contributed by atoms with Crippen LogP contribution in [0.5, 0.6) is 0 Å². The largest absolute Gasteiger partial charge is 0.306 e. The van der Waals surface area contributed by atoms with E-state index in [0.29, 0.717) is 16.6 Å². The zero-order chi connectivity index (χ0) is 15.4. The highest BCUT2D eigenvalue weighted by molar-refractivity contribution is 9.10. The maximum absolute atomic E-state index is 14.2. The summed E-state index contributed by atoms with van der Waals surface area (Å²) in [6, 6.07) is 2.81. The molecule has 2 nitrogen and oxygen atoms in total. The van der Waals surface area contributed by atoms with Crippen molar-refractivity contribution in [3.05, 3.63) is 63.6 Å². The van der Waals surface area contributed by atoms with Crippen LogP contribution < -0.4 is 5.32 Å². The number of aromatic nitrogens is 1. The topological polar surface area (TPSA) is 24.9 Å². The lowest BCUT2D eigenvalue weighted by atomic mass is 9.98. The first kappa shape index (κ1) is 16.0. The molecule has 2 rings (SSSR count).